The molecular formula is C15H28O2. The van der Waals surface area contributed by atoms with E-state index in [9.17, 15) is 4.79 Å². The minimum Gasteiger partial charge on any atom is -0.376 e. The summed E-state index contributed by atoms with van der Waals surface area (Å²) in [7, 11) is 0. The molecule has 1 saturated carbocycles. The van der Waals surface area contributed by atoms with E-state index >= 15 is 0 Å². The number of hydrogen-bond donors (Lipinski definition) is 0. The fourth-order valence-electron chi connectivity index (χ4n) is 2.49. The van der Waals surface area contributed by atoms with Crippen LogP contribution in [0.2, 0.25) is 0 Å². The quantitative estimate of drug-likeness (QED) is 0.641. The van der Waals surface area contributed by atoms with Gasteiger partial charge in [-0.05, 0) is 18.8 Å². The molecule has 1 rings (SSSR count). The monoisotopic (exact) mass is 240 g/mol. The zero-order chi connectivity index (χ0) is 12.9. The largest absolute Gasteiger partial charge is 0.376 e. The zero-order valence-electron chi connectivity index (χ0n) is 11.9. The van der Waals surface area contributed by atoms with Crippen LogP contribution in [0.5, 0.6) is 0 Å². The van der Waals surface area contributed by atoms with Gasteiger partial charge >= 0.3 is 0 Å². The molecule has 0 aromatic heterocycles. The van der Waals surface area contributed by atoms with E-state index in [1.807, 2.05) is 0 Å². The average molecular weight is 240 g/mol. The summed E-state index contributed by atoms with van der Waals surface area (Å²) < 4.78 is 5.98. The Balaban J connectivity index is 2.32. The van der Waals surface area contributed by atoms with Crippen LogP contribution in [0.4, 0.5) is 0 Å². The highest BCUT2D eigenvalue weighted by molar-refractivity contribution is 5.91. The first-order valence-corrected chi connectivity index (χ1v) is 7.23. The Hall–Kier alpha value is -0.370. The first-order valence-electron chi connectivity index (χ1n) is 7.23. The number of carbonyl (C=O) groups is 1. The van der Waals surface area contributed by atoms with Gasteiger partial charge in [-0.15, -0.1) is 0 Å². The third-order valence-corrected chi connectivity index (χ3v) is 4.53. The first-order chi connectivity index (χ1) is 8.08. The lowest BCUT2D eigenvalue weighted by Gasteiger charge is -2.44. The van der Waals surface area contributed by atoms with Gasteiger partial charge in [0.2, 0.25) is 0 Å². The molecular weight excluding hydrogens is 212 g/mol. The molecule has 17 heavy (non-hydrogen) atoms. The van der Waals surface area contributed by atoms with Crippen LogP contribution in [-0.4, -0.2) is 18.5 Å². The summed E-state index contributed by atoms with van der Waals surface area (Å²) in [6, 6.07) is 0. The molecule has 0 aliphatic heterocycles. The Labute approximate surface area is 106 Å². The molecule has 0 aromatic rings. The Kier molecular flexibility index (Phi) is 5.64. The Morgan fingerprint density at radius 2 is 2.12 bits per heavy atom. The molecule has 1 aliphatic carbocycles. The van der Waals surface area contributed by atoms with E-state index in [1.54, 1.807) is 0 Å². The summed E-state index contributed by atoms with van der Waals surface area (Å²) in [5, 5.41) is 0. The van der Waals surface area contributed by atoms with Gasteiger partial charge in [-0.25, -0.2) is 0 Å². The minimum absolute atomic E-state index is 0.177. The van der Waals surface area contributed by atoms with Gasteiger partial charge in [-0.2, -0.15) is 0 Å². The maximum absolute atomic E-state index is 11.6. The SMILES string of the molecule is CCCCC(CC)COC1CC(=O)C1(C)CC. The van der Waals surface area contributed by atoms with Crippen molar-refractivity contribution in [1.82, 2.24) is 0 Å². The molecule has 3 unspecified atom stereocenters. The third kappa shape index (κ3) is 3.31. The molecule has 3 atom stereocenters. The molecule has 2 heteroatoms. The second-order valence-corrected chi connectivity index (χ2v) is 5.64. The molecule has 2 nitrogen and oxygen atoms in total. The van der Waals surface area contributed by atoms with E-state index in [1.165, 1.54) is 25.7 Å². The van der Waals surface area contributed by atoms with Crippen LogP contribution in [0, 0.1) is 11.3 Å². The summed E-state index contributed by atoms with van der Waals surface area (Å²) >= 11 is 0. The highest BCUT2D eigenvalue weighted by Gasteiger charge is 2.50. The number of rotatable bonds is 8. The summed E-state index contributed by atoms with van der Waals surface area (Å²) in [6.07, 6.45) is 6.70. The third-order valence-electron chi connectivity index (χ3n) is 4.53. The Morgan fingerprint density at radius 3 is 2.59 bits per heavy atom. The predicted molar refractivity (Wildman–Crippen MR) is 71.1 cm³/mol. The summed E-state index contributed by atoms with van der Waals surface area (Å²) in [6.45, 7) is 9.43. The van der Waals surface area contributed by atoms with E-state index in [2.05, 4.69) is 27.7 Å². The van der Waals surface area contributed by atoms with Gasteiger partial charge in [0, 0.05) is 13.0 Å². The van der Waals surface area contributed by atoms with Gasteiger partial charge in [0.05, 0.1) is 11.5 Å². The lowest BCUT2D eigenvalue weighted by Crippen LogP contribution is -2.53. The van der Waals surface area contributed by atoms with Gasteiger partial charge in [0.1, 0.15) is 5.78 Å². The fraction of sp³-hybridized carbons (Fsp3) is 0.933. The molecule has 0 radical (unpaired) electrons. The van der Waals surface area contributed by atoms with E-state index < -0.39 is 0 Å². The molecule has 0 bridgehead atoms. The van der Waals surface area contributed by atoms with Crippen molar-refractivity contribution in [3.63, 3.8) is 0 Å². The predicted octanol–water partition coefficient (Wildman–Crippen LogP) is 3.98. The van der Waals surface area contributed by atoms with Crippen molar-refractivity contribution in [2.24, 2.45) is 11.3 Å². The first kappa shape index (κ1) is 14.7. The van der Waals surface area contributed by atoms with Crippen molar-refractivity contribution in [2.75, 3.05) is 6.61 Å². The van der Waals surface area contributed by atoms with E-state index in [4.69, 9.17) is 4.74 Å². The van der Waals surface area contributed by atoms with Crippen LogP contribution in [0.1, 0.15) is 66.2 Å². The number of ether oxygens (including phenoxy) is 1. The number of hydrogen-bond acceptors (Lipinski definition) is 2. The van der Waals surface area contributed by atoms with Crippen LogP contribution in [0.25, 0.3) is 0 Å². The van der Waals surface area contributed by atoms with Gasteiger partial charge in [0.25, 0.3) is 0 Å². The van der Waals surface area contributed by atoms with Crippen LogP contribution in [-0.2, 0) is 9.53 Å². The number of carbonyl (C=O) groups excluding carboxylic acids is 1. The van der Waals surface area contributed by atoms with Crippen LogP contribution in [0.15, 0.2) is 0 Å². The van der Waals surface area contributed by atoms with Gasteiger partial charge in [-0.3, -0.25) is 4.79 Å². The molecule has 1 fully saturated rings. The number of Topliss-reactive ketones (excluding diaryl/α,β-unsaturated/α-hetero) is 1. The van der Waals surface area contributed by atoms with Gasteiger partial charge in [0.15, 0.2) is 0 Å². The highest BCUT2D eigenvalue weighted by atomic mass is 16.5. The lowest BCUT2D eigenvalue weighted by atomic mass is 9.64. The molecule has 0 N–H and O–H groups in total. The van der Waals surface area contributed by atoms with Gasteiger partial charge in [-0.1, -0.05) is 47.0 Å². The van der Waals surface area contributed by atoms with E-state index in [-0.39, 0.29) is 11.5 Å². The van der Waals surface area contributed by atoms with E-state index in [0.717, 1.165) is 13.0 Å². The Bertz CT molecular complexity index is 249. The Morgan fingerprint density at radius 1 is 1.41 bits per heavy atom. The standard InChI is InChI=1S/C15H28O2/c1-5-8-9-12(6-2)11-17-14-10-13(16)15(14,4)7-3/h12,14H,5-11H2,1-4H3. The highest BCUT2D eigenvalue weighted by Crippen LogP contribution is 2.42. The summed E-state index contributed by atoms with van der Waals surface area (Å²) in [5.74, 6) is 1.05. The summed E-state index contributed by atoms with van der Waals surface area (Å²) in [5.41, 5.74) is -0.191. The van der Waals surface area contributed by atoms with Crippen LogP contribution < -0.4 is 0 Å². The molecule has 0 aromatic carbocycles. The van der Waals surface area contributed by atoms with Crippen LogP contribution >= 0.6 is 0 Å². The smallest absolute Gasteiger partial charge is 0.143 e. The van der Waals surface area contributed by atoms with E-state index in [0.29, 0.717) is 18.1 Å². The fourth-order valence-corrected chi connectivity index (χ4v) is 2.49. The zero-order valence-corrected chi connectivity index (χ0v) is 11.9. The van der Waals surface area contributed by atoms with Crippen LogP contribution in [0.3, 0.4) is 0 Å². The molecule has 0 saturated heterocycles. The van der Waals surface area contributed by atoms with Crippen molar-refractivity contribution < 1.29 is 9.53 Å². The summed E-state index contributed by atoms with van der Waals surface area (Å²) in [4.78, 5) is 11.6. The maximum atomic E-state index is 11.6. The number of unbranched alkanes of at least 4 members (excludes halogenated alkanes) is 1. The molecule has 0 spiro atoms. The molecule has 100 valence electrons. The van der Waals surface area contributed by atoms with Crippen molar-refractivity contribution in [1.29, 1.82) is 0 Å². The lowest BCUT2D eigenvalue weighted by molar-refractivity contribution is -0.163. The molecule has 0 heterocycles. The average Bonchev–Trinajstić information content (AvgIpc) is 2.36. The van der Waals surface area contributed by atoms with Crippen molar-refractivity contribution in [3.05, 3.63) is 0 Å². The van der Waals surface area contributed by atoms with Crippen molar-refractivity contribution in [3.8, 4) is 0 Å². The molecule has 1 aliphatic rings. The molecule has 0 amide bonds. The second-order valence-electron chi connectivity index (χ2n) is 5.64. The maximum Gasteiger partial charge on any atom is 0.143 e. The topological polar surface area (TPSA) is 26.3 Å². The van der Waals surface area contributed by atoms with Crippen molar-refractivity contribution >= 4 is 5.78 Å². The van der Waals surface area contributed by atoms with Gasteiger partial charge < -0.3 is 4.74 Å². The second kappa shape index (κ2) is 6.53. The normalized spacial score (nSPS) is 30.1. The minimum atomic E-state index is -0.191. The number of ketones is 1. The van der Waals surface area contributed by atoms with Crippen molar-refractivity contribution in [2.45, 2.75) is 72.3 Å².